The van der Waals surface area contributed by atoms with Gasteiger partial charge >= 0.3 is 5.97 Å². The molecule has 2 atom stereocenters. The molecule has 2 aromatic carbocycles. The molecule has 2 aliphatic heterocycles. The van der Waals surface area contributed by atoms with Gasteiger partial charge in [0.2, 0.25) is 0 Å². The molecular formula is C22H21BrFNO5. The Balaban J connectivity index is 1.62. The molecule has 6 nitrogen and oxygen atoms in total. The highest BCUT2D eigenvalue weighted by Crippen LogP contribution is 2.38. The third kappa shape index (κ3) is 3.95. The van der Waals surface area contributed by atoms with Crippen LogP contribution in [0.15, 0.2) is 52.7 Å². The van der Waals surface area contributed by atoms with Crippen LogP contribution in [0.25, 0.3) is 5.57 Å². The number of carbonyl (C=O) groups excluding carboxylic acids is 1. The molecule has 30 heavy (non-hydrogen) atoms. The van der Waals surface area contributed by atoms with Crippen LogP contribution in [0, 0.1) is 5.82 Å². The van der Waals surface area contributed by atoms with Crippen LogP contribution in [-0.2, 0) is 19.0 Å². The number of ether oxygens (including phenoxy) is 3. The van der Waals surface area contributed by atoms with Gasteiger partial charge in [-0.1, -0.05) is 34.1 Å². The van der Waals surface area contributed by atoms with E-state index in [1.165, 1.54) is 13.2 Å². The number of carbonyl (C=O) groups is 1. The molecule has 0 bridgehead atoms. The second-order valence-electron chi connectivity index (χ2n) is 7.03. The van der Waals surface area contributed by atoms with Gasteiger partial charge in [0.25, 0.3) is 0 Å². The maximum absolute atomic E-state index is 14.8. The highest BCUT2D eigenvalue weighted by Gasteiger charge is 2.41. The number of benzene rings is 2. The van der Waals surface area contributed by atoms with E-state index < -0.39 is 24.0 Å². The number of rotatable bonds is 5. The first kappa shape index (κ1) is 20.8. The van der Waals surface area contributed by atoms with Crippen LogP contribution in [0.5, 0.6) is 0 Å². The van der Waals surface area contributed by atoms with Crippen LogP contribution in [0.4, 0.5) is 10.1 Å². The molecule has 0 aromatic heterocycles. The summed E-state index contributed by atoms with van der Waals surface area (Å²) in [5.41, 5.74) is 1.62. The van der Waals surface area contributed by atoms with Gasteiger partial charge in [-0.15, -0.1) is 0 Å². The Labute approximate surface area is 182 Å². The van der Waals surface area contributed by atoms with E-state index in [0.29, 0.717) is 43.1 Å². The average molecular weight is 478 g/mol. The molecule has 8 heteroatoms. The number of morpholine rings is 1. The molecule has 2 aliphatic rings. The average Bonchev–Trinajstić information content (AvgIpc) is 3.10. The molecule has 0 spiro atoms. The fourth-order valence-electron chi connectivity index (χ4n) is 3.72. The van der Waals surface area contributed by atoms with E-state index in [1.807, 2.05) is 4.90 Å². The number of halogens is 2. The number of anilines is 1. The van der Waals surface area contributed by atoms with E-state index in [9.17, 15) is 14.3 Å². The number of methoxy groups -OCH3 is 1. The van der Waals surface area contributed by atoms with Gasteiger partial charge in [-0.2, -0.15) is 0 Å². The summed E-state index contributed by atoms with van der Waals surface area (Å²) in [6, 6.07) is 11.6. The van der Waals surface area contributed by atoms with E-state index in [2.05, 4.69) is 15.9 Å². The second-order valence-corrected chi connectivity index (χ2v) is 7.95. The van der Waals surface area contributed by atoms with Crippen LogP contribution < -0.4 is 4.90 Å². The number of aliphatic hydroxyl groups is 1. The van der Waals surface area contributed by atoms with Crippen molar-refractivity contribution in [2.45, 2.75) is 12.2 Å². The van der Waals surface area contributed by atoms with Gasteiger partial charge in [-0.3, -0.25) is 0 Å². The van der Waals surface area contributed by atoms with Crippen LogP contribution in [0.3, 0.4) is 0 Å². The molecule has 1 saturated heterocycles. The highest BCUT2D eigenvalue weighted by atomic mass is 79.9. The van der Waals surface area contributed by atoms with Gasteiger partial charge in [0.05, 0.1) is 26.0 Å². The summed E-state index contributed by atoms with van der Waals surface area (Å²) in [4.78, 5) is 14.4. The summed E-state index contributed by atoms with van der Waals surface area (Å²) in [6.07, 6.45) is -2.33. The van der Waals surface area contributed by atoms with E-state index >= 15 is 0 Å². The molecule has 2 unspecified atom stereocenters. The molecule has 0 aliphatic carbocycles. The molecule has 0 saturated carbocycles. The Morgan fingerprint density at radius 2 is 1.90 bits per heavy atom. The summed E-state index contributed by atoms with van der Waals surface area (Å²) in [7, 11) is 1.41. The number of cyclic esters (lactones) is 1. The largest absolute Gasteiger partial charge is 0.496 e. The first-order valence-electron chi connectivity index (χ1n) is 9.55. The van der Waals surface area contributed by atoms with Gasteiger partial charge in [-0.05, 0) is 35.4 Å². The van der Waals surface area contributed by atoms with E-state index in [4.69, 9.17) is 14.2 Å². The lowest BCUT2D eigenvalue weighted by Gasteiger charge is -2.29. The number of aliphatic hydroxyl groups excluding tert-OH is 1. The minimum Gasteiger partial charge on any atom is -0.496 e. The Hall–Kier alpha value is -2.42. The monoisotopic (exact) mass is 477 g/mol. The summed E-state index contributed by atoms with van der Waals surface area (Å²) in [5.74, 6) is -0.829. The zero-order valence-corrected chi connectivity index (χ0v) is 17.9. The maximum atomic E-state index is 14.8. The smallest absolute Gasteiger partial charge is 0.343 e. The van der Waals surface area contributed by atoms with E-state index in [-0.39, 0.29) is 11.3 Å². The zero-order chi connectivity index (χ0) is 21.3. The Kier molecular flexibility index (Phi) is 6.08. The molecule has 0 amide bonds. The maximum Gasteiger partial charge on any atom is 0.343 e. The van der Waals surface area contributed by atoms with Crippen LogP contribution in [0.2, 0.25) is 0 Å². The first-order chi connectivity index (χ1) is 14.5. The van der Waals surface area contributed by atoms with Gasteiger partial charge < -0.3 is 24.2 Å². The van der Waals surface area contributed by atoms with E-state index in [0.717, 1.165) is 4.47 Å². The lowest BCUT2D eigenvalue weighted by Crippen LogP contribution is -2.36. The third-order valence-electron chi connectivity index (χ3n) is 5.25. The van der Waals surface area contributed by atoms with Crippen molar-refractivity contribution in [3.8, 4) is 0 Å². The molecular weight excluding hydrogens is 457 g/mol. The van der Waals surface area contributed by atoms with Gasteiger partial charge in [0.15, 0.2) is 11.9 Å². The summed E-state index contributed by atoms with van der Waals surface area (Å²) in [5, 5.41) is 10.9. The quantitative estimate of drug-likeness (QED) is 0.665. The van der Waals surface area contributed by atoms with Crippen molar-refractivity contribution in [3.63, 3.8) is 0 Å². The number of hydrogen-bond acceptors (Lipinski definition) is 6. The van der Waals surface area contributed by atoms with Crippen molar-refractivity contribution in [1.29, 1.82) is 0 Å². The van der Waals surface area contributed by atoms with Crippen molar-refractivity contribution in [2.75, 3.05) is 38.3 Å². The number of hydrogen-bond donors (Lipinski definition) is 1. The minimum absolute atomic E-state index is 0.215. The lowest BCUT2D eigenvalue weighted by molar-refractivity contribution is -0.143. The van der Waals surface area contributed by atoms with Crippen molar-refractivity contribution in [1.82, 2.24) is 0 Å². The minimum atomic E-state index is -1.27. The molecule has 4 rings (SSSR count). The molecule has 0 radical (unpaired) electrons. The predicted molar refractivity (Wildman–Crippen MR) is 112 cm³/mol. The van der Waals surface area contributed by atoms with Crippen LogP contribution >= 0.6 is 15.9 Å². The molecule has 1 fully saturated rings. The SMILES string of the molecule is COC1=C(c2ccc(Br)cc2)C(=O)OC1C(O)c1ccc(N2CCOCC2)c(F)c1. The molecule has 2 aromatic rings. The van der Waals surface area contributed by atoms with Crippen molar-refractivity contribution >= 4 is 33.2 Å². The summed E-state index contributed by atoms with van der Waals surface area (Å²) >= 11 is 3.36. The standard InChI is InChI=1S/C22H21BrFNO5/c1-28-20-18(13-2-5-15(23)6-3-13)22(27)30-21(20)19(26)14-4-7-17(16(24)12-14)25-8-10-29-11-9-25/h2-7,12,19,21,26H,8-11H2,1H3. The highest BCUT2D eigenvalue weighted by molar-refractivity contribution is 9.10. The third-order valence-corrected chi connectivity index (χ3v) is 5.78. The Morgan fingerprint density at radius 1 is 1.20 bits per heavy atom. The number of esters is 1. The fourth-order valence-corrected chi connectivity index (χ4v) is 3.98. The molecule has 2 heterocycles. The topological polar surface area (TPSA) is 68.2 Å². The lowest BCUT2D eigenvalue weighted by atomic mass is 9.99. The first-order valence-corrected chi connectivity index (χ1v) is 10.3. The zero-order valence-electron chi connectivity index (χ0n) is 16.3. The van der Waals surface area contributed by atoms with Gasteiger partial charge in [0, 0.05) is 17.6 Å². The molecule has 1 N–H and O–H groups in total. The summed E-state index contributed by atoms with van der Waals surface area (Å²) < 4.78 is 31.8. The molecule has 158 valence electrons. The van der Waals surface area contributed by atoms with Crippen LogP contribution in [0.1, 0.15) is 17.2 Å². The van der Waals surface area contributed by atoms with Crippen LogP contribution in [-0.4, -0.2) is 50.6 Å². The van der Waals surface area contributed by atoms with Gasteiger partial charge in [0.1, 0.15) is 17.5 Å². The van der Waals surface area contributed by atoms with Crippen molar-refractivity contribution in [2.24, 2.45) is 0 Å². The fraction of sp³-hybridized carbons (Fsp3) is 0.318. The number of nitrogens with zero attached hydrogens (tertiary/aromatic N) is 1. The van der Waals surface area contributed by atoms with Crippen molar-refractivity contribution in [3.05, 3.63) is 69.6 Å². The Morgan fingerprint density at radius 3 is 2.53 bits per heavy atom. The Bertz CT molecular complexity index is 972. The van der Waals surface area contributed by atoms with Crippen molar-refractivity contribution < 1.29 is 28.5 Å². The normalized spacial score (nSPS) is 20.3. The van der Waals surface area contributed by atoms with Gasteiger partial charge in [-0.25, -0.2) is 9.18 Å². The summed E-state index contributed by atoms with van der Waals surface area (Å²) in [6.45, 7) is 2.30. The van der Waals surface area contributed by atoms with E-state index in [1.54, 1.807) is 36.4 Å². The second kappa shape index (κ2) is 8.75. The predicted octanol–water partition coefficient (Wildman–Crippen LogP) is 3.44.